The molecular formula is C27H36Cl2NOSi2Ti. The van der Waals surface area contributed by atoms with Gasteiger partial charge >= 0.3 is 209 Å². The maximum atomic E-state index is 12.9. The zero-order valence-corrected chi connectivity index (χ0v) is 27.0. The van der Waals surface area contributed by atoms with Crippen molar-refractivity contribution < 1.29 is 50.3 Å². The van der Waals surface area contributed by atoms with E-state index in [0.717, 1.165) is 24.0 Å². The van der Waals surface area contributed by atoms with Gasteiger partial charge in [0.2, 0.25) is 0 Å². The van der Waals surface area contributed by atoms with Gasteiger partial charge in [-0.1, -0.05) is 0 Å². The van der Waals surface area contributed by atoms with Gasteiger partial charge in [0.15, 0.2) is 0 Å². The van der Waals surface area contributed by atoms with Gasteiger partial charge in [-0.15, -0.1) is 0 Å². The Hall–Kier alpha value is -0.622. The Bertz CT molecular complexity index is 1200. The Kier molecular flexibility index (Phi) is 8.43. The predicted octanol–water partition coefficient (Wildman–Crippen LogP) is -0.569. The molecule has 2 nitrogen and oxygen atoms in total. The molecular weight excluding hydrogens is 529 g/mol. The first kappa shape index (κ1) is 29.6. The van der Waals surface area contributed by atoms with Crippen molar-refractivity contribution in [3.63, 3.8) is 0 Å². The van der Waals surface area contributed by atoms with Crippen molar-refractivity contribution in [1.29, 1.82) is 0 Å². The van der Waals surface area contributed by atoms with Crippen LogP contribution in [0.5, 0.6) is 0 Å². The fourth-order valence-corrected chi connectivity index (χ4v) is 16.3. The third kappa shape index (κ3) is 4.27. The van der Waals surface area contributed by atoms with Crippen LogP contribution in [-0.4, -0.2) is 21.1 Å². The van der Waals surface area contributed by atoms with Crippen LogP contribution in [0.3, 0.4) is 0 Å². The van der Waals surface area contributed by atoms with Crippen LogP contribution in [0.25, 0.3) is 17.2 Å². The van der Waals surface area contributed by atoms with Crippen molar-refractivity contribution in [2.45, 2.75) is 79.1 Å². The van der Waals surface area contributed by atoms with E-state index in [1.165, 1.54) is 38.6 Å². The molecule has 0 bridgehead atoms. The summed E-state index contributed by atoms with van der Waals surface area (Å²) >= 11 is 1.75. The van der Waals surface area contributed by atoms with Crippen molar-refractivity contribution in [1.82, 2.24) is 3.80 Å². The van der Waals surface area contributed by atoms with Gasteiger partial charge < -0.3 is 24.8 Å². The number of rotatable bonds is 3. The van der Waals surface area contributed by atoms with E-state index >= 15 is 0 Å². The van der Waals surface area contributed by atoms with Crippen molar-refractivity contribution in [3.8, 4) is 11.1 Å². The van der Waals surface area contributed by atoms with Crippen LogP contribution in [-0.2, 0) is 32.5 Å². The number of nitrogens with one attached hydrogen (secondary N) is 1. The molecule has 7 heteroatoms. The molecule has 2 aliphatic rings. The van der Waals surface area contributed by atoms with Gasteiger partial charge in [0.05, 0.1) is 0 Å². The van der Waals surface area contributed by atoms with Crippen LogP contribution >= 0.6 is 0 Å². The predicted molar refractivity (Wildman–Crippen MR) is 139 cm³/mol. The van der Waals surface area contributed by atoms with E-state index < -0.39 is 15.2 Å². The van der Waals surface area contributed by atoms with Gasteiger partial charge in [0.25, 0.3) is 0 Å². The first-order valence-electron chi connectivity index (χ1n) is 11.8. The van der Waals surface area contributed by atoms with Crippen molar-refractivity contribution in [2.75, 3.05) is 0 Å². The van der Waals surface area contributed by atoms with Crippen LogP contribution in [0.15, 0.2) is 23.8 Å². The SMILES string of the molecule is CCC1=Cc2cc(C(C)(C)C)cc(-c3c(C)c(C(=O)[NH][Ti+2])cc4c3[Si](C)(C)[Si]4(C)C)c2C1.[Cl-].[Cl-]. The Labute approximate surface area is 232 Å². The maximum Gasteiger partial charge on any atom is -1.00 e. The number of carbonyl (C=O) groups excluding carboxylic acids is 1. The Morgan fingerprint density at radius 3 is 2.21 bits per heavy atom. The minimum Gasteiger partial charge on any atom is -1.00 e. The molecule has 0 atom stereocenters. The Balaban J connectivity index is 0.00000204. The molecule has 0 unspecified atom stereocenters. The van der Waals surface area contributed by atoms with Crippen LogP contribution in [0, 0.1) is 6.92 Å². The summed E-state index contributed by atoms with van der Waals surface area (Å²) in [6.07, 6.45) is 4.54. The minimum atomic E-state index is -1.56. The van der Waals surface area contributed by atoms with Gasteiger partial charge in [-0.05, 0) is 0 Å². The molecule has 2 aromatic carbocycles. The maximum absolute atomic E-state index is 12.9. The first-order valence-corrected chi connectivity index (χ1v) is 19.6. The molecule has 4 rings (SSSR count). The number of allylic oxidation sites excluding steroid dienone is 1. The molecule has 1 amide bonds. The summed E-state index contributed by atoms with van der Waals surface area (Å²) in [6, 6.07) is 7.12. The van der Waals surface area contributed by atoms with E-state index in [2.05, 4.69) is 88.9 Å². The number of fused-ring (bicyclic) bond motifs is 2. The molecule has 0 spiro atoms. The molecule has 1 N–H and O–H groups in total. The largest absolute Gasteiger partial charge is 1.00 e. The molecule has 1 aliphatic heterocycles. The zero-order valence-electron chi connectivity index (χ0n) is 21.9. The summed E-state index contributed by atoms with van der Waals surface area (Å²) in [5, 5.41) is 3.14. The van der Waals surface area contributed by atoms with Crippen LogP contribution in [0.2, 0.25) is 26.2 Å². The molecule has 0 fully saturated rings. The standard InChI is InChI=1S/C27H37NOSi2.2ClH.Ti/c1-10-17-11-18-13-19(27(3,4)5)14-22(21(18)12-17)24-16(2)20(26(28)29)15-23-25(24)31(8,9)30(23,6)7;;;/h11,13-15H,10,12H2,1-9H3,(H2,28,29);2*1H;/q;;;+3/p-3. The molecule has 0 saturated heterocycles. The fourth-order valence-electron chi connectivity index (χ4n) is 5.55. The van der Waals surface area contributed by atoms with Crippen LogP contribution < -0.4 is 39.0 Å². The number of carbonyl (C=O) groups is 1. The van der Waals surface area contributed by atoms with Gasteiger partial charge in [-0.2, -0.15) is 0 Å². The summed E-state index contributed by atoms with van der Waals surface area (Å²) in [5.41, 5.74) is 10.6. The number of hydrogen-bond acceptors (Lipinski definition) is 1. The van der Waals surface area contributed by atoms with E-state index in [-0.39, 0.29) is 36.1 Å². The molecule has 1 heterocycles. The van der Waals surface area contributed by atoms with Crippen molar-refractivity contribution >= 4 is 37.5 Å². The van der Waals surface area contributed by atoms with E-state index in [0.29, 0.717) is 0 Å². The third-order valence-electron chi connectivity index (χ3n) is 8.44. The normalized spacial score (nSPS) is 16.9. The van der Waals surface area contributed by atoms with Gasteiger partial charge in [0, 0.05) is 0 Å². The van der Waals surface area contributed by atoms with Crippen molar-refractivity contribution in [2.24, 2.45) is 0 Å². The molecule has 0 aromatic heterocycles. The molecule has 1 aliphatic carbocycles. The summed E-state index contributed by atoms with van der Waals surface area (Å²) in [6.45, 7) is 21.5. The van der Waals surface area contributed by atoms with E-state index in [1.54, 1.807) is 25.9 Å². The Morgan fingerprint density at radius 2 is 1.68 bits per heavy atom. The average molecular weight is 566 g/mol. The Morgan fingerprint density at radius 1 is 1.06 bits per heavy atom. The van der Waals surface area contributed by atoms with Crippen LogP contribution in [0.4, 0.5) is 0 Å². The zero-order chi connectivity index (χ0) is 23.8. The summed E-state index contributed by atoms with van der Waals surface area (Å²) in [5.74, 6) is 0.0405. The van der Waals surface area contributed by atoms with Gasteiger partial charge in [-0.25, -0.2) is 0 Å². The second-order valence-electron chi connectivity index (χ2n) is 11.7. The van der Waals surface area contributed by atoms with Gasteiger partial charge in [0.1, 0.15) is 0 Å². The number of amides is 1. The van der Waals surface area contributed by atoms with E-state index in [4.69, 9.17) is 0 Å². The molecule has 0 radical (unpaired) electrons. The summed E-state index contributed by atoms with van der Waals surface area (Å²) < 4.78 is 2.90. The number of hydrogen-bond donors (Lipinski definition) is 1. The van der Waals surface area contributed by atoms with E-state index in [1.807, 2.05) is 0 Å². The first-order chi connectivity index (χ1) is 14.8. The monoisotopic (exact) mass is 564 g/mol. The van der Waals surface area contributed by atoms with Gasteiger partial charge in [-0.3, -0.25) is 0 Å². The average Bonchev–Trinajstić information content (AvgIpc) is 3.14. The topological polar surface area (TPSA) is 29.1 Å². The summed E-state index contributed by atoms with van der Waals surface area (Å²) in [4.78, 5) is 12.9. The molecule has 2 aromatic rings. The van der Waals surface area contributed by atoms with Crippen LogP contribution in [0.1, 0.15) is 66.7 Å². The molecule has 34 heavy (non-hydrogen) atoms. The van der Waals surface area contributed by atoms with E-state index in [9.17, 15) is 4.79 Å². The number of benzene rings is 2. The smallest absolute Gasteiger partial charge is 1.00 e. The molecule has 181 valence electrons. The minimum absolute atomic E-state index is 0. The molecule has 0 saturated carbocycles. The summed E-state index contributed by atoms with van der Waals surface area (Å²) in [7, 11) is -3.08. The third-order valence-corrected chi connectivity index (χ3v) is 26.6. The fraction of sp³-hybridized carbons (Fsp3) is 0.444. The second kappa shape index (κ2) is 9.68. The quantitative estimate of drug-likeness (QED) is 0.497. The second-order valence-corrected chi connectivity index (χ2v) is 27.2. The van der Waals surface area contributed by atoms with Crippen molar-refractivity contribution in [3.05, 3.63) is 51.6 Å². The number of halogens is 2.